The molecule has 0 radical (unpaired) electrons. The van der Waals surface area contributed by atoms with Crippen LogP contribution in [0.1, 0.15) is 39.5 Å². The molecule has 0 aliphatic carbocycles. The largest absolute Gasteiger partial charge is 0.368 e. The summed E-state index contributed by atoms with van der Waals surface area (Å²) in [6.07, 6.45) is 4.94. The lowest BCUT2D eigenvalue weighted by Crippen LogP contribution is -2.42. The molecule has 1 amide bonds. The Labute approximate surface area is 103 Å². The molecule has 2 rings (SSSR count). The minimum Gasteiger partial charge on any atom is -0.368 e. The topological polar surface area (TPSA) is 50.4 Å². The maximum Gasteiger partial charge on any atom is 0.246 e. The molecule has 0 aromatic rings. The Morgan fingerprint density at radius 3 is 2.59 bits per heavy atom. The number of carbonyl (C=O) groups excluding carboxylic acids is 1. The minimum atomic E-state index is 0.0181. The molecule has 0 aromatic heterocycles. The van der Waals surface area contributed by atoms with Crippen LogP contribution in [0.5, 0.6) is 0 Å². The van der Waals surface area contributed by atoms with Crippen LogP contribution in [0.2, 0.25) is 0 Å². The van der Waals surface area contributed by atoms with Gasteiger partial charge in [-0.2, -0.15) is 0 Å². The Balaban J connectivity index is 1.63. The quantitative estimate of drug-likeness (QED) is 0.755. The Morgan fingerprint density at radius 2 is 2.00 bits per heavy atom. The van der Waals surface area contributed by atoms with Crippen LogP contribution >= 0.6 is 0 Å². The SMILES string of the molecule is CC(C)CNC(=O)COC1CC2CCC(C1)N2. The summed E-state index contributed by atoms with van der Waals surface area (Å²) in [5.74, 6) is 0.512. The molecule has 2 bridgehead atoms. The summed E-state index contributed by atoms with van der Waals surface area (Å²) in [6.45, 7) is 5.13. The van der Waals surface area contributed by atoms with E-state index in [0.29, 0.717) is 18.0 Å². The molecule has 17 heavy (non-hydrogen) atoms. The third-order valence-corrected chi connectivity index (χ3v) is 3.59. The smallest absolute Gasteiger partial charge is 0.246 e. The van der Waals surface area contributed by atoms with Crippen molar-refractivity contribution in [2.24, 2.45) is 5.92 Å². The number of rotatable bonds is 5. The van der Waals surface area contributed by atoms with Crippen LogP contribution in [-0.4, -0.2) is 37.2 Å². The van der Waals surface area contributed by atoms with Gasteiger partial charge in [0, 0.05) is 18.6 Å². The predicted molar refractivity (Wildman–Crippen MR) is 66.8 cm³/mol. The second-order valence-corrected chi connectivity index (χ2v) is 5.74. The van der Waals surface area contributed by atoms with Gasteiger partial charge in [-0.3, -0.25) is 4.79 Å². The lowest BCUT2D eigenvalue weighted by Gasteiger charge is -2.28. The van der Waals surface area contributed by atoms with Crippen molar-refractivity contribution >= 4 is 5.91 Å². The van der Waals surface area contributed by atoms with Crippen molar-refractivity contribution in [2.75, 3.05) is 13.2 Å². The molecule has 2 aliphatic rings. The average Bonchev–Trinajstić information content (AvgIpc) is 2.63. The molecule has 4 nitrogen and oxygen atoms in total. The van der Waals surface area contributed by atoms with Crippen molar-refractivity contribution in [3.8, 4) is 0 Å². The van der Waals surface area contributed by atoms with Crippen molar-refractivity contribution in [1.82, 2.24) is 10.6 Å². The van der Waals surface area contributed by atoms with E-state index in [1.165, 1.54) is 12.8 Å². The highest BCUT2D eigenvalue weighted by molar-refractivity contribution is 5.77. The Kier molecular flexibility index (Phi) is 4.40. The lowest BCUT2D eigenvalue weighted by atomic mass is 10.0. The molecule has 2 unspecified atom stereocenters. The van der Waals surface area contributed by atoms with Crippen molar-refractivity contribution < 1.29 is 9.53 Å². The van der Waals surface area contributed by atoms with Gasteiger partial charge < -0.3 is 15.4 Å². The van der Waals surface area contributed by atoms with Gasteiger partial charge >= 0.3 is 0 Å². The van der Waals surface area contributed by atoms with E-state index in [9.17, 15) is 4.79 Å². The zero-order chi connectivity index (χ0) is 12.3. The number of nitrogens with one attached hydrogen (secondary N) is 2. The van der Waals surface area contributed by atoms with Gasteiger partial charge in [-0.05, 0) is 31.6 Å². The maximum atomic E-state index is 11.5. The molecular weight excluding hydrogens is 216 g/mol. The monoisotopic (exact) mass is 240 g/mol. The fraction of sp³-hybridized carbons (Fsp3) is 0.923. The number of carbonyl (C=O) groups is 1. The van der Waals surface area contributed by atoms with E-state index in [-0.39, 0.29) is 18.6 Å². The second-order valence-electron chi connectivity index (χ2n) is 5.74. The third-order valence-electron chi connectivity index (χ3n) is 3.59. The van der Waals surface area contributed by atoms with E-state index in [4.69, 9.17) is 4.74 Å². The van der Waals surface area contributed by atoms with Gasteiger partial charge in [-0.25, -0.2) is 0 Å². The first-order valence-electron chi connectivity index (χ1n) is 6.78. The highest BCUT2D eigenvalue weighted by Gasteiger charge is 2.33. The Hall–Kier alpha value is -0.610. The van der Waals surface area contributed by atoms with Gasteiger partial charge in [-0.15, -0.1) is 0 Å². The molecule has 0 saturated carbocycles. The van der Waals surface area contributed by atoms with Gasteiger partial charge in [0.15, 0.2) is 0 Å². The normalized spacial score (nSPS) is 31.8. The number of hydrogen-bond acceptors (Lipinski definition) is 3. The van der Waals surface area contributed by atoms with Crippen molar-refractivity contribution in [1.29, 1.82) is 0 Å². The van der Waals surface area contributed by atoms with Crippen LogP contribution in [0.3, 0.4) is 0 Å². The molecule has 2 atom stereocenters. The van der Waals surface area contributed by atoms with Gasteiger partial charge in [-0.1, -0.05) is 13.8 Å². The molecule has 98 valence electrons. The minimum absolute atomic E-state index is 0.0181. The standard InChI is InChI=1S/C13H24N2O2/c1-9(2)7-14-13(16)8-17-12-5-10-3-4-11(6-12)15-10/h9-12,15H,3-8H2,1-2H3,(H,14,16). The number of ether oxygens (including phenoxy) is 1. The third kappa shape index (κ3) is 3.96. The van der Waals surface area contributed by atoms with Crippen molar-refractivity contribution in [3.05, 3.63) is 0 Å². The van der Waals surface area contributed by atoms with Gasteiger partial charge in [0.2, 0.25) is 5.91 Å². The number of fused-ring (bicyclic) bond motifs is 2. The number of amides is 1. The lowest BCUT2D eigenvalue weighted by molar-refractivity contribution is -0.128. The molecule has 2 saturated heterocycles. The predicted octanol–water partition coefficient (Wildman–Crippen LogP) is 1.06. The van der Waals surface area contributed by atoms with E-state index < -0.39 is 0 Å². The molecular formula is C13H24N2O2. The summed E-state index contributed by atoms with van der Waals surface area (Å²) in [7, 11) is 0. The van der Waals surface area contributed by atoms with Crippen molar-refractivity contribution in [2.45, 2.75) is 57.7 Å². The molecule has 4 heteroatoms. The van der Waals surface area contributed by atoms with Crippen LogP contribution in [0, 0.1) is 5.92 Å². The molecule has 2 N–H and O–H groups in total. The molecule has 2 heterocycles. The van der Waals surface area contributed by atoms with Crippen LogP contribution in [0.15, 0.2) is 0 Å². The number of hydrogen-bond donors (Lipinski definition) is 2. The van der Waals surface area contributed by atoms with E-state index in [2.05, 4.69) is 24.5 Å². The van der Waals surface area contributed by atoms with Gasteiger partial charge in [0.1, 0.15) is 6.61 Å². The average molecular weight is 240 g/mol. The first kappa shape index (κ1) is 12.8. The molecule has 2 aliphatic heterocycles. The summed E-state index contributed by atoms with van der Waals surface area (Å²) in [4.78, 5) is 11.5. The fourth-order valence-electron chi connectivity index (χ4n) is 2.70. The van der Waals surface area contributed by atoms with Gasteiger partial charge in [0.05, 0.1) is 6.10 Å². The summed E-state index contributed by atoms with van der Waals surface area (Å²) in [5, 5.41) is 6.45. The summed E-state index contributed by atoms with van der Waals surface area (Å²) in [5.41, 5.74) is 0. The zero-order valence-corrected chi connectivity index (χ0v) is 10.9. The van der Waals surface area contributed by atoms with Crippen LogP contribution < -0.4 is 10.6 Å². The van der Waals surface area contributed by atoms with Crippen molar-refractivity contribution in [3.63, 3.8) is 0 Å². The first-order chi connectivity index (χ1) is 8.13. The van der Waals surface area contributed by atoms with E-state index in [1.54, 1.807) is 0 Å². The van der Waals surface area contributed by atoms with Crippen LogP contribution in [0.25, 0.3) is 0 Å². The summed E-state index contributed by atoms with van der Waals surface area (Å²) in [6, 6.07) is 1.25. The maximum absolute atomic E-state index is 11.5. The summed E-state index contributed by atoms with van der Waals surface area (Å²) < 4.78 is 5.71. The Morgan fingerprint density at radius 1 is 1.35 bits per heavy atom. The fourth-order valence-corrected chi connectivity index (χ4v) is 2.70. The highest BCUT2D eigenvalue weighted by Crippen LogP contribution is 2.28. The summed E-state index contributed by atoms with van der Waals surface area (Å²) >= 11 is 0. The number of piperidine rings is 1. The Bertz CT molecular complexity index is 256. The molecule has 0 spiro atoms. The first-order valence-corrected chi connectivity index (χ1v) is 6.78. The highest BCUT2D eigenvalue weighted by atomic mass is 16.5. The van der Waals surface area contributed by atoms with Gasteiger partial charge in [0.25, 0.3) is 0 Å². The second kappa shape index (κ2) is 5.83. The van der Waals surface area contributed by atoms with E-state index >= 15 is 0 Å². The zero-order valence-electron chi connectivity index (χ0n) is 10.9. The van der Waals surface area contributed by atoms with E-state index in [1.807, 2.05) is 0 Å². The molecule has 2 fully saturated rings. The van der Waals surface area contributed by atoms with Crippen LogP contribution in [-0.2, 0) is 9.53 Å². The molecule has 0 aromatic carbocycles. The van der Waals surface area contributed by atoms with E-state index in [0.717, 1.165) is 19.4 Å². The van der Waals surface area contributed by atoms with Crippen LogP contribution in [0.4, 0.5) is 0 Å².